The Hall–Kier alpha value is -1.12. The van der Waals surface area contributed by atoms with Crippen LogP contribution in [0.5, 0.6) is 0 Å². The molecule has 3 rings (SSSR count). The van der Waals surface area contributed by atoms with E-state index in [1.54, 1.807) is 0 Å². The molecular weight excluding hydrogens is 284 g/mol. The Bertz CT molecular complexity index is 489. The van der Waals surface area contributed by atoms with Crippen LogP contribution in [0.2, 0.25) is 0 Å². The highest BCUT2D eigenvalue weighted by molar-refractivity contribution is 5.23. The zero-order valence-electron chi connectivity index (χ0n) is 14.5. The molecular formula is C21H30O2. The van der Waals surface area contributed by atoms with Gasteiger partial charge in [0.25, 0.3) is 0 Å². The zero-order chi connectivity index (χ0) is 16.1. The first-order valence-corrected chi connectivity index (χ1v) is 9.14. The summed E-state index contributed by atoms with van der Waals surface area (Å²) in [4.78, 5) is 0. The Kier molecular flexibility index (Phi) is 5.91. The maximum atomic E-state index is 6.12. The van der Waals surface area contributed by atoms with Gasteiger partial charge in [0, 0.05) is 13.0 Å². The second kappa shape index (κ2) is 8.12. The minimum absolute atomic E-state index is 0.289. The minimum atomic E-state index is 0.289. The van der Waals surface area contributed by atoms with Gasteiger partial charge in [-0.2, -0.15) is 0 Å². The van der Waals surface area contributed by atoms with Crippen molar-refractivity contribution in [3.63, 3.8) is 0 Å². The summed E-state index contributed by atoms with van der Waals surface area (Å²) in [6.07, 6.45) is 13.0. The third kappa shape index (κ3) is 4.68. The molecule has 1 aromatic rings. The van der Waals surface area contributed by atoms with E-state index in [1.807, 2.05) is 7.11 Å². The lowest BCUT2D eigenvalue weighted by Crippen LogP contribution is -2.21. The van der Waals surface area contributed by atoms with Gasteiger partial charge in [-0.15, -0.1) is 0 Å². The normalized spacial score (nSPS) is 32.3. The van der Waals surface area contributed by atoms with Gasteiger partial charge >= 0.3 is 0 Å². The molecule has 0 aromatic heterocycles. The molecule has 126 valence electrons. The highest BCUT2D eigenvalue weighted by Crippen LogP contribution is 2.32. The van der Waals surface area contributed by atoms with E-state index in [0.717, 1.165) is 18.9 Å². The van der Waals surface area contributed by atoms with Crippen LogP contribution in [-0.4, -0.2) is 19.8 Å². The Balaban J connectivity index is 1.44. The van der Waals surface area contributed by atoms with Gasteiger partial charge in [0.05, 0.1) is 18.8 Å². The van der Waals surface area contributed by atoms with Crippen LogP contribution in [0, 0.1) is 18.8 Å². The van der Waals surface area contributed by atoms with Crippen molar-refractivity contribution >= 4 is 0 Å². The van der Waals surface area contributed by atoms with E-state index in [0.29, 0.717) is 12.0 Å². The van der Waals surface area contributed by atoms with Crippen LogP contribution in [-0.2, 0) is 9.47 Å². The van der Waals surface area contributed by atoms with Crippen LogP contribution in [0.1, 0.15) is 55.8 Å². The van der Waals surface area contributed by atoms with Gasteiger partial charge in [0.1, 0.15) is 0 Å². The Morgan fingerprint density at radius 1 is 0.913 bits per heavy atom. The highest BCUT2D eigenvalue weighted by Gasteiger charge is 2.23. The van der Waals surface area contributed by atoms with Crippen molar-refractivity contribution in [2.24, 2.45) is 11.8 Å². The largest absolute Gasteiger partial charge is 0.381 e. The summed E-state index contributed by atoms with van der Waals surface area (Å²) in [5.74, 6) is 1.34. The quantitative estimate of drug-likeness (QED) is 0.709. The van der Waals surface area contributed by atoms with Gasteiger partial charge in [-0.3, -0.25) is 0 Å². The maximum absolute atomic E-state index is 6.12. The molecule has 2 heteroatoms. The van der Waals surface area contributed by atoms with Crippen molar-refractivity contribution in [1.82, 2.24) is 0 Å². The van der Waals surface area contributed by atoms with Crippen molar-refractivity contribution in [3.8, 4) is 0 Å². The predicted molar refractivity (Wildman–Crippen MR) is 94.5 cm³/mol. The number of hydrogen-bond donors (Lipinski definition) is 0. The zero-order valence-corrected chi connectivity index (χ0v) is 14.5. The van der Waals surface area contributed by atoms with Crippen molar-refractivity contribution < 1.29 is 9.47 Å². The molecule has 1 saturated carbocycles. The third-order valence-corrected chi connectivity index (χ3v) is 5.47. The lowest BCUT2D eigenvalue weighted by molar-refractivity contribution is -0.00542. The number of aryl methyl sites for hydroxylation is 1. The van der Waals surface area contributed by atoms with Gasteiger partial charge in [-0.25, -0.2) is 0 Å². The van der Waals surface area contributed by atoms with Crippen LogP contribution < -0.4 is 0 Å². The van der Waals surface area contributed by atoms with Crippen LogP contribution in [0.15, 0.2) is 36.4 Å². The first-order valence-electron chi connectivity index (χ1n) is 9.14. The fourth-order valence-corrected chi connectivity index (χ4v) is 3.80. The van der Waals surface area contributed by atoms with Gasteiger partial charge in [0.2, 0.25) is 0 Å². The summed E-state index contributed by atoms with van der Waals surface area (Å²) in [6, 6.07) is 8.79. The number of benzene rings is 1. The van der Waals surface area contributed by atoms with Gasteiger partial charge in [-0.05, 0) is 56.9 Å². The van der Waals surface area contributed by atoms with Crippen molar-refractivity contribution in [2.75, 3.05) is 13.7 Å². The standard InChI is InChI=1S/C21H30O2/c1-16-3-10-19(11-4-16)21-14-9-18(15-23-21)6-5-17-7-12-20(22-2)13-8-17/h3-6,10-11,17-18,20-21H,7-9,12-15H2,1-2H3/b6-5+. The number of methoxy groups -OCH3 is 1. The number of ether oxygens (including phenoxy) is 2. The lowest BCUT2D eigenvalue weighted by Gasteiger charge is -2.29. The van der Waals surface area contributed by atoms with E-state index in [4.69, 9.17) is 9.47 Å². The smallest absolute Gasteiger partial charge is 0.0825 e. The summed E-state index contributed by atoms with van der Waals surface area (Å²) < 4.78 is 11.6. The Morgan fingerprint density at radius 3 is 2.17 bits per heavy atom. The average Bonchev–Trinajstić information content (AvgIpc) is 2.61. The molecule has 1 aromatic carbocycles. The highest BCUT2D eigenvalue weighted by atomic mass is 16.5. The molecule has 1 aliphatic heterocycles. The van der Waals surface area contributed by atoms with E-state index in [1.165, 1.54) is 43.2 Å². The van der Waals surface area contributed by atoms with Crippen LogP contribution in [0.25, 0.3) is 0 Å². The summed E-state index contributed by atoms with van der Waals surface area (Å²) in [7, 11) is 1.84. The molecule has 2 nitrogen and oxygen atoms in total. The average molecular weight is 314 g/mol. The Labute approximate surface area is 140 Å². The summed E-state index contributed by atoms with van der Waals surface area (Å²) in [5.41, 5.74) is 2.64. The fraction of sp³-hybridized carbons (Fsp3) is 0.619. The third-order valence-electron chi connectivity index (χ3n) is 5.47. The van der Waals surface area contributed by atoms with E-state index in [9.17, 15) is 0 Å². The number of hydrogen-bond acceptors (Lipinski definition) is 2. The van der Waals surface area contributed by atoms with E-state index in [2.05, 4.69) is 43.3 Å². The van der Waals surface area contributed by atoms with Crippen LogP contribution >= 0.6 is 0 Å². The van der Waals surface area contributed by atoms with E-state index in [-0.39, 0.29) is 6.10 Å². The monoisotopic (exact) mass is 314 g/mol. The SMILES string of the molecule is COC1CCC(/C=C/C2CCC(c3ccc(C)cc3)OC2)CC1. The summed E-state index contributed by atoms with van der Waals surface area (Å²) >= 11 is 0. The second-order valence-corrected chi connectivity index (χ2v) is 7.23. The second-order valence-electron chi connectivity index (χ2n) is 7.23. The molecule has 0 amide bonds. The molecule has 0 spiro atoms. The lowest BCUT2D eigenvalue weighted by atomic mass is 9.86. The minimum Gasteiger partial charge on any atom is -0.381 e. The molecule has 1 heterocycles. The summed E-state index contributed by atoms with van der Waals surface area (Å²) in [6.45, 7) is 2.99. The molecule has 2 aliphatic rings. The fourth-order valence-electron chi connectivity index (χ4n) is 3.80. The molecule has 2 unspecified atom stereocenters. The molecule has 1 saturated heterocycles. The number of allylic oxidation sites excluding steroid dienone is 1. The first-order chi connectivity index (χ1) is 11.2. The topological polar surface area (TPSA) is 18.5 Å². The molecule has 0 radical (unpaired) electrons. The Morgan fingerprint density at radius 2 is 1.57 bits per heavy atom. The maximum Gasteiger partial charge on any atom is 0.0825 e. The first kappa shape index (κ1) is 16.7. The molecule has 2 fully saturated rings. The molecule has 0 N–H and O–H groups in total. The molecule has 2 atom stereocenters. The molecule has 0 bridgehead atoms. The molecule has 23 heavy (non-hydrogen) atoms. The van der Waals surface area contributed by atoms with Crippen molar-refractivity contribution in [3.05, 3.63) is 47.5 Å². The predicted octanol–water partition coefficient (Wildman–Crippen LogP) is 5.22. The van der Waals surface area contributed by atoms with Crippen molar-refractivity contribution in [1.29, 1.82) is 0 Å². The van der Waals surface area contributed by atoms with E-state index >= 15 is 0 Å². The van der Waals surface area contributed by atoms with E-state index < -0.39 is 0 Å². The van der Waals surface area contributed by atoms with Gasteiger partial charge in [-0.1, -0.05) is 42.0 Å². The summed E-state index contributed by atoms with van der Waals surface area (Å²) in [5, 5.41) is 0. The van der Waals surface area contributed by atoms with Gasteiger partial charge in [0.15, 0.2) is 0 Å². The van der Waals surface area contributed by atoms with Crippen LogP contribution in [0.3, 0.4) is 0 Å². The van der Waals surface area contributed by atoms with Crippen LogP contribution in [0.4, 0.5) is 0 Å². The molecule has 1 aliphatic carbocycles. The number of rotatable bonds is 4. The van der Waals surface area contributed by atoms with Crippen molar-refractivity contribution in [2.45, 2.75) is 57.7 Å². The van der Waals surface area contributed by atoms with Gasteiger partial charge < -0.3 is 9.47 Å².